The van der Waals surface area contributed by atoms with Gasteiger partial charge < -0.3 is 44.5 Å². The predicted octanol–water partition coefficient (Wildman–Crippen LogP) is 1.64. The number of phenols is 2. The zero-order chi connectivity index (χ0) is 28.7. The number of aliphatic hydroxyl groups is 2. The van der Waals surface area contributed by atoms with Crippen LogP contribution in [0.2, 0.25) is 0 Å². The average Bonchev–Trinajstić information content (AvgIpc) is 2.89. The lowest BCUT2D eigenvalue weighted by atomic mass is 9.79. The molecule has 4 unspecified atom stereocenters. The molecule has 0 heterocycles. The zero-order valence-electron chi connectivity index (χ0n) is 21.0. The van der Waals surface area contributed by atoms with E-state index in [4.69, 9.17) is 18.9 Å². The molecule has 0 spiro atoms. The van der Waals surface area contributed by atoms with Crippen molar-refractivity contribution in [3.63, 3.8) is 0 Å². The molecule has 2 aromatic rings. The van der Waals surface area contributed by atoms with Crippen LogP contribution in [-0.4, -0.2) is 81.6 Å². The minimum absolute atomic E-state index is 0.100. The van der Waals surface area contributed by atoms with E-state index in [0.29, 0.717) is 11.1 Å². The molecule has 0 amide bonds. The highest BCUT2D eigenvalue weighted by atomic mass is 16.6. The number of rotatable bonds is 9. The number of aliphatic hydroxyl groups excluding tert-OH is 1. The van der Waals surface area contributed by atoms with E-state index in [1.807, 2.05) is 0 Å². The number of hydrogen-bond acceptors (Lipinski definition) is 11. The topological polar surface area (TPSA) is 189 Å². The Bertz CT molecular complexity index is 1280. The number of esters is 2. The Hall–Kier alpha value is -4.55. The fourth-order valence-corrected chi connectivity index (χ4v) is 3.97. The van der Waals surface area contributed by atoms with Gasteiger partial charge in [0, 0.05) is 25.0 Å². The second kappa shape index (κ2) is 12.3. The maximum atomic E-state index is 12.5. The number of ether oxygens (including phenoxy) is 4. The molecular weight excluding hydrogens is 516 g/mol. The Labute approximate surface area is 222 Å². The van der Waals surface area contributed by atoms with E-state index in [2.05, 4.69) is 0 Å². The molecule has 0 aromatic heterocycles. The summed E-state index contributed by atoms with van der Waals surface area (Å²) >= 11 is 0. The lowest BCUT2D eigenvalue weighted by molar-refractivity contribution is -0.204. The maximum absolute atomic E-state index is 12.5. The molecule has 3 rings (SSSR count). The summed E-state index contributed by atoms with van der Waals surface area (Å²) in [5.74, 6) is -3.42. The smallest absolute Gasteiger partial charge is 0.335 e. The lowest BCUT2D eigenvalue weighted by Gasteiger charge is -2.40. The van der Waals surface area contributed by atoms with Gasteiger partial charge in [-0.15, -0.1) is 0 Å². The fraction of sp³-hybridized carbons (Fsp3) is 0.296. The van der Waals surface area contributed by atoms with Crippen molar-refractivity contribution in [3.05, 3.63) is 59.7 Å². The van der Waals surface area contributed by atoms with E-state index in [9.17, 15) is 39.9 Å². The lowest BCUT2D eigenvalue weighted by Crippen LogP contribution is -2.58. The summed E-state index contributed by atoms with van der Waals surface area (Å²) < 4.78 is 20.6. The monoisotopic (exact) mass is 544 g/mol. The average molecular weight is 545 g/mol. The Morgan fingerprint density at radius 3 is 1.79 bits per heavy atom. The van der Waals surface area contributed by atoms with Crippen molar-refractivity contribution in [2.75, 3.05) is 14.2 Å². The number of methoxy groups -OCH3 is 2. The van der Waals surface area contributed by atoms with Crippen LogP contribution in [0.4, 0.5) is 0 Å². The SMILES string of the molecule is COc1cc(C=CC(=O)OC2CC(O)(C(=O)O)CC(O)C2OC(=O)C=Cc2ccc(O)c(OC)c2)ccc1O. The molecule has 0 saturated heterocycles. The maximum Gasteiger partial charge on any atom is 0.335 e. The van der Waals surface area contributed by atoms with Crippen LogP contribution in [0.3, 0.4) is 0 Å². The normalized spacial score (nSPS) is 22.9. The van der Waals surface area contributed by atoms with Crippen molar-refractivity contribution < 1.29 is 58.9 Å². The highest BCUT2D eigenvalue weighted by molar-refractivity contribution is 5.88. The van der Waals surface area contributed by atoms with Gasteiger partial charge in [-0.05, 0) is 47.5 Å². The zero-order valence-corrected chi connectivity index (χ0v) is 21.0. The van der Waals surface area contributed by atoms with Gasteiger partial charge in [-0.3, -0.25) is 0 Å². The Morgan fingerprint density at radius 2 is 1.33 bits per heavy atom. The van der Waals surface area contributed by atoms with Gasteiger partial charge in [0.15, 0.2) is 34.7 Å². The van der Waals surface area contributed by atoms with E-state index in [1.54, 1.807) is 0 Å². The van der Waals surface area contributed by atoms with Crippen LogP contribution in [0.25, 0.3) is 12.2 Å². The summed E-state index contributed by atoms with van der Waals surface area (Å²) in [6, 6.07) is 8.63. The highest BCUT2D eigenvalue weighted by Gasteiger charge is 2.52. The van der Waals surface area contributed by atoms with Gasteiger partial charge in [-0.1, -0.05) is 12.1 Å². The molecule has 12 heteroatoms. The first-order valence-electron chi connectivity index (χ1n) is 11.6. The molecule has 1 aliphatic rings. The first kappa shape index (κ1) is 29.0. The van der Waals surface area contributed by atoms with Crippen LogP contribution in [0, 0.1) is 0 Å². The van der Waals surface area contributed by atoms with E-state index in [-0.39, 0.29) is 23.0 Å². The number of carbonyl (C=O) groups excluding carboxylic acids is 2. The molecule has 12 nitrogen and oxygen atoms in total. The minimum atomic E-state index is -2.43. The van der Waals surface area contributed by atoms with Crippen molar-refractivity contribution in [1.29, 1.82) is 0 Å². The van der Waals surface area contributed by atoms with Crippen LogP contribution in [0.5, 0.6) is 23.0 Å². The molecule has 2 aromatic carbocycles. The number of hydrogen-bond donors (Lipinski definition) is 5. The van der Waals surface area contributed by atoms with Gasteiger partial charge in [-0.2, -0.15) is 0 Å². The first-order valence-corrected chi connectivity index (χ1v) is 11.6. The Morgan fingerprint density at radius 1 is 0.846 bits per heavy atom. The summed E-state index contributed by atoms with van der Waals surface area (Å²) in [5, 5.41) is 49.8. The molecule has 1 aliphatic carbocycles. The standard InChI is InChI=1S/C27H28O12/c1-36-20-11-15(3-7-17(20)28)5-9-23(31)38-22-14-27(35,26(33)34)13-19(30)25(22)39-24(32)10-6-16-4-8-18(29)21(12-16)37-2/h3-12,19,22,25,28-30,35H,13-14H2,1-2H3,(H,33,34). The van der Waals surface area contributed by atoms with Crippen molar-refractivity contribution in [2.24, 2.45) is 0 Å². The molecule has 1 fully saturated rings. The molecule has 39 heavy (non-hydrogen) atoms. The molecule has 208 valence electrons. The van der Waals surface area contributed by atoms with Crippen LogP contribution >= 0.6 is 0 Å². The van der Waals surface area contributed by atoms with Gasteiger partial charge in [0.05, 0.1) is 20.3 Å². The Kier molecular flexibility index (Phi) is 9.17. The molecular formula is C27H28O12. The number of phenolic OH excluding ortho intramolecular Hbond substituents is 2. The molecule has 0 aliphatic heterocycles. The molecule has 1 saturated carbocycles. The second-order valence-corrected chi connectivity index (χ2v) is 8.72. The van der Waals surface area contributed by atoms with Crippen LogP contribution in [0.15, 0.2) is 48.6 Å². The summed E-state index contributed by atoms with van der Waals surface area (Å²) in [6.45, 7) is 0. The number of aromatic hydroxyl groups is 2. The van der Waals surface area contributed by atoms with Gasteiger partial charge in [0.1, 0.15) is 6.10 Å². The second-order valence-electron chi connectivity index (χ2n) is 8.72. The third-order valence-electron chi connectivity index (χ3n) is 5.98. The van der Waals surface area contributed by atoms with Gasteiger partial charge in [-0.25, -0.2) is 14.4 Å². The molecule has 0 bridgehead atoms. The van der Waals surface area contributed by atoms with Gasteiger partial charge >= 0.3 is 17.9 Å². The van der Waals surface area contributed by atoms with Crippen molar-refractivity contribution >= 4 is 30.1 Å². The van der Waals surface area contributed by atoms with Crippen molar-refractivity contribution in [3.8, 4) is 23.0 Å². The minimum Gasteiger partial charge on any atom is -0.504 e. The highest BCUT2D eigenvalue weighted by Crippen LogP contribution is 2.34. The largest absolute Gasteiger partial charge is 0.504 e. The third-order valence-corrected chi connectivity index (χ3v) is 5.98. The third kappa shape index (κ3) is 7.27. The van der Waals surface area contributed by atoms with E-state index < -0.39 is 54.7 Å². The molecule has 4 atom stereocenters. The summed E-state index contributed by atoms with van der Waals surface area (Å²) in [6.07, 6.45) is -1.27. The summed E-state index contributed by atoms with van der Waals surface area (Å²) in [5.41, 5.74) is -1.49. The predicted molar refractivity (Wildman–Crippen MR) is 135 cm³/mol. The number of aliphatic carboxylic acids is 1. The number of carboxylic acid groups (broad SMARTS) is 1. The molecule has 5 N–H and O–H groups in total. The van der Waals surface area contributed by atoms with Crippen LogP contribution < -0.4 is 9.47 Å². The van der Waals surface area contributed by atoms with Crippen LogP contribution in [-0.2, 0) is 23.9 Å². The first-order chi connectivity index (χ1) is 18.4. The number of carbonyl (C=O) groups is 3. The van der Waals surface area contributed by atoms with Gasteiger partial charge in [0.2, 0.25) is 0 Å². The quantitative estimate of drug-likeness (QED) is 0.227. The summed E-state index contributed by atoms with van der Waals surface area (Å²) in [4.78, 5) is 36.7. The van der Waals surface area contributed by atoms with Crippen LogP contribution in [0.1, 0.15) is 24.0 Å². The number of carboxylic acids is 1. The number of benzene rings is 2. The van der Waals surface area contributed by atoms with E-state index >= 15 is 0 Å². The van der Waals surface area contributed by atoms with Crippen molar-refractivity contribution in [1.82, 2.24) is 0 Å². The van der Waals surface area contributed by atoms with Crippen molar-refractivity contribution in [2.45, 2.75) is 36.8 Å². The Balaban J connectivity index is 1.76. The van der Waals surface area contributed by atoms with Gasteiger partial charge in [0.25, 0.3) is 0 Å². The summed E-state index contributed by atoms with van der Waals surface area (Å²) in [7, 11) is 2.71. The molecule has 0 radical (unpaired) electrons. The van der Waals surface area contributed by atoms with E-state index in [0.717, 1.165) is 12.2 Å². The van der Waals surface area contributed by atoms with E-state index in [1.165, 1.54) is 62.8 Å². The fourth-order valence-electron chi connectivity index (χ4n) is 3.97.